The average Bonchev–Trinajstić information content (AvgIpc) is 3.08. The van der Waals surface area contributed by atoms with Crippen LogP contribution >= 0.6 is 12.4 Å². The fraction of sp³-hybridized carbons (Fsp3) is 0.545. The van der Waals surface area contributed by atoms with E-state index in [1.54, 1.807) is 23.0 Å². The van der Waals surface area contributed by atoms with Gasteiger partial charge in [0, 0.05) is 12.1 Å². The first kappa shape index (κ1) is 21.8. The van der Waals surface area contributed by atoms with Crippen molar-refractivity contribution in [3.05, 3.63) is 47.5 Å². The molecular formula is C22H30ClFN4O. The van der Waals surface area contributed by atoms with Gasteiger partial charge >= 0.3 is 0 Å². The number of hydrogen-bond acceptors (Lipinski definition) is 3. The molecule has 2 aromatic rings. The van der Waals surface area contributed by atoms with Gasteiger partial charge in [-0.15, -0.1) is 12.4 Å². The fourth-order valence-corrected chi connectivity index (χ4v) is 5.13. The molecule has 2 saturated carbocycles. The van der Waals surface area contributed by atoms with Crippen LogP contribution in [0.2, 0.25) is 0 Å². The SMILES string of the molecule is CC(C)c1c(C(=O)NC2C3CCCC2CC(N)C3)cnn1-c1ccc(F)cc1.Cl. The Kier molecular flexibility index (Phi) is 6.64. The van der Waals surface area contributed by atoms with Crippen molar-refractivity contribution >= 4 is 18.3 Å². The van der Waals surface area contributed by atoms with Crippen molar-refractivity contribution < 1.29 is 9.18 Å². The lowest BCUT2D eigenvalue weighted by molar-refractivity contribution is 0.0755. The molecule has 2 aliphatic carbocycles. The van der Waals surface area contributed by atoms with Gasteiger partial charge in [-0.05, 0) is 67.7 Å². The van der Waals surface area contributed by atoms with Gasteiger partial charge in [-0.3, -0.25) is 4.79 Å². The zero-order valence-electron chi connectivity index (χ0n) is 17.0. The Labute approximate surface area is 177 Å². The number of amides is 1. The molecule has 2 atom stereocenters. The number of nitrogens with two attached hydrogens (primary N) is 1. The highest BCUT2D eigenvalue weighted by atomic mass is 35.5. The first-order valence-corrected chi connectivity index (χ1v) is 10.3. The maximum atomic E-state index is 13.3. The summed E-state index contributed by atoms with van der Waals surface area (Å²) in [5.41, 5.74) is 8.43. The normalized spacial score (nSPS) is 26.1. The zero-order chi connectivity index (χ0) is 19.8. The van der Waals surface area contributed by atoms with Crippen LogP contribution in [0.1, 0.15) is 67.9 Å². The molecular weight excluding hydrogens is 391 g/mol. The summed E-state index contributed by atoms with van der Waals surface area (Å²) in [5.74, 6) is 0.700. The number of carbonyl (C=O) groups excluding carboxylic acids is 1. The summed E-state index contributed by atoms with van der Waals surface area (Å²) >= 11 is 0. The quantitative estimate of drug-likeness (QED) is 0.778. The van der Waals surface area contributed by atoms with E-state index in [-0.39, 0.29) is 42.1 Å². The van der Waals surface area contributed by atoms with Crippen molar-refractivity contribution in [1.82, 2.24) is 15.1 Å². The Morgan fingerprint density at radius 2 is 1.83 bits per heavy atom. The number of aromatic nitrogens is 2. The van der Waals surface area contributed by atoms with E-state index in [9.17, 15) is 9.18 Å². The van der Waals surface area contributed by atoms with Crippen LogP contribution in [0.15, 0.2) is 30.5 Å². The predicted molar refractivity (Wildman–Crippen MR) is 114 cm³/mol. The lowest BCUT2D eigenvalue weighted by Crippen LogP contribution is -2.53. The minimum atomic E-state index is -0.290. The Balaban J connectivity index is 0.00000240. The molecule has 5 nitrogen and oxygen atoms in total. The summed E-state index contributed by atoms with van der Waals surface area (Å²) in [5, 5.41) is 7.77. The van der Waals surface area contributed by atoms with Crippen LogP contribution in [0.25, 0.3) is 5.69 Å². The summed E-state index contributed by atoms with van der Waals surface area (Å²) in [4.78, 5) is 13.2. The molecule has 2 bridgehead atoms. The number of carbonyl (C=O) groups is 1. The third-order valence-corrected chi connectivity index (χ3v) is 6.34. The molecule has 7 heteroatoms. The topological polar surface area (TPSA) is 72.9 Å². The molecule has 158 valence electrons. The Hall–Kier alpha value is -1.92. The molecule has 1 aromatic heterocycles. The van der Waals surface area contributed by atoms with E-state index in [1.807, 2.05) is 13.8 Å². The Morgan fingerprint density at radius 1 is 1.21 bits per heavy atom. The maximum Gasteiger partial charge on any atom is 0.255 e. The predicted octanol–water partition coefficient (Wildman–Crippen LogP) is 4.19. The number of rotatable bonds is 4. The van der Waals surface area contributed by atoms with E-state index in [4.69, 9.17) is 5.73 Å². The van der Waals surface area contributed by atoms with Crippen LogP contribution in [0.4, 0.5) is 4.39 Å². The van der Waals surface area contributed by atoms with Gasteiger partial charge in [0.15, 0.2) is 0 Å². The molecule has 0 saturated heterocycles. The minimum Gasteiger partial charge on any atom is -0.349 e. The van der Waals surface area contributed by atoms with Gasteiger partial charge in [-0.1, -0.05) is 20.3 Å². The van der Waals surface area contributed by atoms with Gasteiger partial charge in [0.1, 0.15) is 5.82 Å². The van der Waals surface area contributed by atoms with E-state index in [2.05, 4.69) is 10.4 Å². The average molecular weight is 421 g/mol. The smallest absolute Gasteiger partial charge is 0.255 e. The molecule has 29 heavy (non-hydrogen) atoms. The Bertz CT molecular complexity index is 837. The third-order valence-electron chi connectivity index (χ3n) is 6.34. The van der Waals surface area contributed by atoms with Crippen molar-refractivity contribution in [1.29, 1.82) is 0 Å². The van der Waals surface area contributed by atoms with Gasteiger partial charge in [0.2, 0.25) is 0 Å². The molecule has 4 rings (SSSR count). The summed E-state index contributed by atoms with van der Waals surface area (Å²) < 4.78 is 15.0. The number of benzene rings is 1. The van der Waals surface area contributed by atoms with Gasteiger partial charge in [0.05, 0.1) is 23.1 Å². The van der Waals surface area contributed by atoms with Crippen molar-refractivity contribution in [2.75, 3.05) is 0 Å². The van der Waals surface area contributed by atoms with E-state index in [1.165, 1.54) is 18.6 Å². The molecule has 1 amide bonds. The molecule has 3 N–H and O–H groups in total. The largest absolute Gasteiger partial charge is 0.349 e. The molecule has 2 aliphatic rings. The summed E-state index contributed by atoms with van der Waals surface area (Å²) in [6.07, 6.45) is 7.13. The second-order valence-electron chi connectivity index (χ2n) is 8.67. The van der Waals surface area contributed by atoms with Crippen LogP contribution in [0.3, 0.4) is 0 Å². The number of fused-ring (bicyclic) bond motifs is 2. The number of halogens is 2. The summed E-state index contributed by atoms with van der Waals surface area (Å²) in [7, 11) is 0. The molecule has 1 aromatic carbocycles. The molecule has 1 heterocycles. The number of nitrogens with zero attached hydrogens (tertiary/aromatic N) is 2. The summed E-state index contributed by atoms with van der Waals surface area (Å²) in [6, 6.07) is 6.65. The number of hydrogen-bond donors (Lipinski definition) is 2. The first-order valence-electron chi connectivity index (χ1n) is 10.3. The van der Waals surface area contributed by atoms with Crippen LogP contribution in [-0.4, -0.2) is 27.8 Å². The fourth-order valence-electron chi connectivity index (χ4n) is 5.13. The van der Waals surface area contributed by atoms with Crippen LogP contribution < -0.4 is 11.1 Å². The number of nitrogens with one attached hydrogen (secondary N) is 1. The van der Waals surface area contributed by atoms with Gasteiger partial charge in [-0.2, -0.15) is 5.10 Å². The summed E-state index contributed by atoms with van der Waals surface area (Å²) in [6.45, 7) is 4.09. The first-order chi connectivity index (χ1) is 13.4. The molecule has 0 spiro atoms. The van der Waals surface area contributed by atoms with Gasteiger partial charge in [-0.25, -0.2) is 9.07 Å². The lowest BCUT2D eigenvalue weighted by Gasteiger charge is -2.45. The highest BCUT2D eigenvalue weighted by molar-refractivity contribution is 5.95. The Morgan fingerprint density at radius 3 is 2.41 bits per heavy atom. The van der Waals surface area contributed by atoms with Crippen LogP contribution in [-0.2, 0) is 0 Å². The minimum absolute atomic E-state index is 0. The van der Waals surface area contributed by atoms with Gasteiger partial charge in [0.25, 0.3) is 5.91 Å². The lowest BCUT2D eigenvalue weighted by atomic mass is 9.67. The van der Waals surface area contributed by atoms with E-state index in [0.717, 1.165) is 37.1 Å². The van der Waals surface area contributed by atoms with Crippen molar-refractivity contribution in [2.45, 2.75) is 64.0 Å². The highest BCUT2D eigenvalue weighted by Gasteiger charge is 2.40. The molecule has 0 radical (unpaired) electrons. The highest BCUT2D eigenvalue weighted by Crippen LogP contribution is 2.40. The van der Waals surface area contributed by atoms with Crippen molar-refractivity contribution in [3.8, 4) is 5.69 Å². The second kappa shape index (κ2) is 8.84. The van der Waals surface area contributed by atoms with E-state index in [0.29, 0.717) is 17.4 Å². The second-order valence-corrected chi connectivity index (χ2v) is 8.67. The molecule has 2 unspecified atom stereocenters. The van der Waals surface area contributed by atoms with Crippen LogP contribution in [0.5, 0.6) is 0 Å². The standard InChI is InChI=1S/C22H29FN4O.ClH/c1-13(2)21-19(12-25-27(21)18-8-6-16(23)7-9-18)22(28)26-20-14-4-3-5-15(20)11-17(24)10-14;/h6-9,12-15,17,20H,3-5,10-11,24H2,1-2H3,(H,26,28);1H. The van der Waals surface area contributed by atoms with E-state index >= 15 is 0 Å². The molecule has 2 fully saturated rings. The van der Waals surface area contributed by atoms with Crippen molar-refractivity contribution in [2.24, 2.45) is 17.6 Å². The van der Waals surface area contributed by atoms with Gasteiger partial charge < -0.3 is 11.1 Å². The van der Waals surface area contributed by atoms with Crippen molar-refractivity contribution in [3.63, 3.8) is 0 Å². The van der Waals surface area contributed by atoms with E-state index < -0.39 is 0 Å². The third kappa shape index (κ3) is 4.33. The maximum absolute atomic E-state index is 13.3. The monoisotopic (exact) mass is 420 g/mol. The van der Waals surface area contributed by atoms with Crippen LogP contribution in [0, 0.1) is 17.7 Å². The zero-order valence-corrected chi connectivity index (χ0v) is 17.8. The molecule has 0 aliphatic heterocycles.